The minimum absolute atomic E-state index is 0.250. The summed E-state index contributed by atoms with van der Waals surface area (Å²) in [5, 5.41) is 75.2. The number of aliphatic hydroxyl groups excluding tert-OH is 1. The second-order valence-electron chi connectivity index (χ2n) is 5.27. The summed E-state index contributed by atoms with van der Waals surface area (Å²) in [4.78, 5) is 61.0. The quantitative estimate of drug-likeness (QED) is 0.173. The smallest absolute Gasteiger partial charge is 0.336 e. The lowest BCUT2D eigenvalue weighted by Crippen LogP contribution is -2.42. The van der Waals surface area contributed by atoms with Gasteiger partial charge in [0.2, 0.25) is 0 Å². The maximum Gasteiger partial charge on any atom is 0.336 e. The number of hydrogen-bond acceptors (Lipinski definition) is 9. The van der Waals surface area contributed by atoms with Crippen molar-refractivity contribution in [3.8, 4) is 0 Å². The highest BCUT2D eigenvalue weighted by Crippen LogP contribution is 2.16. The molecule has 0 heterocycles. The van der Waals surface area contributed by atoms with Gasteiger partial charge in [-0.15, -0.1) is 0 Å². The Morgan fingerprint density at radius 1 is 0.552 bits per heavy atom. The number of carboxylic acid groups (broad SMARTS) is 6. The molecule has 0 aliphatic rings. The van der Waals surface area contributed by atoms with Crippen molar-refractivity contribution in [2.75, 3.05) is 6.61 Å². The van der Waals surface area contributed by atoms with E-state index in [9.17, 15) is 28.8 Å². The topological polar surface area (TPSA) is 284 Å². The molecule has 0 spiro atoms. The third-order valence-corrected chi connectivity index (χ3v) is 2.57. The van der Waals surface area contributed by atoms with E-state index in [1.165, 1.54) is 0 Å². The van der Waals surface area contributed by atoms with Gasteiger partial charge < -0.3 is 46.0 Å². The third-order valence-electron chi connectivity index (χ3n) is 2.57. The molecular formula is C14H22O15. The minimum atomic E-state index is -2.74. The highest BCUT2D eigenvalue weighted by molar-refractivity contribution is 5.88. The van der Waals surface area contributed by atoms with Crippen molar-refractivity contribution in [1.82, 2.24) is 0 Å². The molecule has 0 saturated heterocycles. The molecule has 0 fully saturated rings. The molecule has 0 rings (SSSR count). The van der Waals surface area contributed by atoms with E-state index in [4.69, 9.17) is 46.0 Å². The molecular weight excluding hydrogens is 408 g/mol. The van der Waals surface area contributed by atoms with E-state index in [1.54, 1.807) is 6.92 Å². The molecule has 0 aliphatic carbocycles. The zero-order chi connectivity index (χ0) is 24.0. The first-order chi connectivity index (χ1) is 13.0. The molecule has 0 amide bonds. The molecule has 0 radical (unpaired) electrons. The monoisotopic (exact) mass is 430 g/mol. The molecule has 9 N–H and O–H groups in total. The first kappa shape index (κ1) is 30.4. The highest BCUT2D eigenvalue weighted by Gasteiger charge is 2.41. The van der Waals surface area contributed by atoms with E-state index in [2.05, 4.69) is 0 Å². The predicted molar refractivity (Wildman–Crippen MR) is 86.9 cm³/mol. The molecule has 0 unspecified atom stereocenters. The van der Waals surface area contributed by atoms with Gasteiger partial charge in [0.15, 0.2) is 11.2 Å². The summed E-state index contributed by atoms with van der Waals surface area (Å²) in [6, 6.07) is 0. The lowest BCUT2D eigenvalue weighted by atomic mass is 9.96. The summed E-state index contributed by atoms with van der Waals surface area (Å²) in [6.45, 7) is 1.93. The number of aliphatic carboxylic acids is 6. The van der Waals surface area contributed by atoms with E-state index in [0.717, 1.165) is 0 Å². The molecule has 0 aliphatic heterocycles. The van der Waals surface area contributed by atoms with E-state index >= 15 is 0 Å². The van der Waals surface area contributed by atoms with Crippen molar-refractivity contribution in [3.05, 3.63) is 0 Å². The fraction of sp³-hybridized carbons (Fsp3) is 0.571. The Labute approximate surface area is 162 Å². The molecule has 168 valence electrons. The summed E-state index contributed by atoms with van der Waals surface area (Å²) < 4.78 is 0. The second-order valence-corrected chi connectivity index (χ2v) is 5.27. The summed E-state index contributed by atoms with van der Waals surface area (Å²) in [5.41, 5.74) is -5.48. The lowest BCUT2D eigenvalue weighted by molar-refractivity contribution is -0.170. The van der Waals surface area contributed by atoms with Gasteiger partial charge in [-0.25, -0.2) is 9.59 Å². The van der Waals surface area contributed by atoms with Crippen LogP contribution in [0.3, 0.4) is 0 Å². The number of aliphatic hydroxyl groups is 3. The van der Waals surface area contributed by atoms with Crippen LogP contribution in [0.1, 0.15) is 32.6 Å². The molecule has 0 aromatic rings. The number of carboxylic acids is 6. The van der Waals surface area contributed by atoms with Crippen molar-refractivity contribution in [2.45, 2.75) is 43.8 Å². The van der Waals surface area contributed by atoms with Gasteiger partial charge in [0.25, 0.3) is 0 Å². The van der Waals surface area contributed by atoms with Gasteiger partial charge in [0, 0.05) is 6.61 Å². The van der Waals surface area contributed by atoms with E-state index in [-0.39, 0.29) is 6.61 Å². The largest absolute Gasteiger partial charge is 0.481 e. The number of carbonyl (C=O) groups is 6. The SMILES string of the molecule is CCO.O=C(O)CC(O)(CC(=O)O)C(=O)O.O=C(O)CC(O)(CC(=O)O)C(=O)O. The average molecular weight is 430 g/mol. The van der Waals surface area contributed by atoms with Gasteiger partial charge in [-0.1, -0.05) is 0 Å². The van der Waals surface area contributed by atoms with Crippen LogP contribution in [0.25, 0.3) is 0 Å². The maximum absolute atomic E-state index is 10.3. The second kappa shape index (κ2) is 13.8. The van der Waals surface area contributed by atoms with Crippen molar-refractivity contribution in [1.29, 1.82) is 0 Å². The van der Waals surface area contributed by atoms with Gasteiger partial charge in [-0.05, 0) is 6.92 Å². The van der Waals surface area contributed by atoms with Gasteiger partial charge in [0.05, 0.1) is 25.7 Å². The Bertz CT molecular complexity index is 524. The van der Waals surface area contributed by atoms with Gasteiger partial charge in [0.1, 0.15) is 0 Å². The van der Waals surface area contributed by atoms with Crippen LogP contribution < -0.4 is 0 Å². The van der Waals surface area contributed by atoms with E-state index < -0.39 is 72.7 Å². The Morgan fingerprint density at radius 2 is 0.690 bits per heavy atom. The maximum atomic E-state index is 10.3. The van der Waals surface area contributed by atoms with Crippen molar-refractivity contribution >= 4 is 35.8 Å². The van der Waals surface area contributed by atoms with Gasteiger partial charge in [-0.3, -0.25) is 19.2 Å². The summed E-state index contributed by atoms with van der Waals surface area (Å²) >= 11 is 0. The van der Waals surface area contributed by atoms with E-state index in [0.29, 0.717) is 0 Å². The average Bonchev–Trinajstić information content (AvgIpc) is 2.44. The molecule has 0 aromatic carbocycles. The fourth-order valence-corrected chi connectivity index (χ4v) is 1.43. The van der Waals surface area contributed by atoms with E-state index in [1.807, 2.05) is 0 Å². The Balaban J connectivity index is -0.000000410. The van der Waals surface area contributed by atoms with Crippen molar-refractivity contribution in [3.63, 3.8) is 0 Å². The van der Waals surface area contributed by atoms with Crippen LogP contribution in [-0.4, -0.2) is 99.6 Å². The standard InChI is InChI=1S/2C6H8O7.C2H6O/c2*7-3(8)1-6(13,5(11)12)2-4(9)10;1-2-3/h2*13H,1-2H2,(H,7,8)(H,9,10)(H,11,12);3H,2H2,1H3. The first-order valence-corrected chi connectivity index (χ1v) is 7.37. The fourth-order valence-electron chi connectivity index (χ4n) is 1.43. The summed E-state index contributed by atoms with van der Waals surface area (Å²) in [5.74, 6) is -10.0. The molecule has 0 aromatic heterocycles. The number of rotatable bonds is 10. The highest BCUT2D eigenvalue weighted by atomic mass is 16.4. The van der Waals surface area contributed by atoms with Crippen molar-refractivity contribution in [2.24, 2.45) is 0 Å². The molecule has 0 bridgehead atoms. The van der Waals surface area contributed by atoms with Crippen LogP contribution in [0.15, 0.2) is 0 Å². The minimum Gasteiger partial charge on any atom is -0.481 e. The third kappa shape index (κ3) is 15.5. The normalized spacial score (nSPS) is 10.3. The van der Waals surface area contributed by atoms with Gasteiger partial charge in [-0.2, -0.15) is 0 Å². The van der Waals surface area contributed by atoms with Crippen LogP contribution >= 0.6 is 0 Å². The van der Waals surface area contributed by atoms with Crippen LogP contribution in [-0.2, 0) is 28.8 Å². The zero-order valence-corrected chi connectivity index (χ0v) is 15.0. The molecule has 29 heavy (non-hydrogen) atoms. The predicted octanol–water partition coefficient (Wildman–Crippen LogP) is -2.50. The Morgan fingerprint density at radius 3 is 0.759 bits per heavy atom. The Kier molecular flexibility index (Phi) is 14.5. The van der Waals surface area contributed by atoms with Crippen LogP contribution in [0.5, 0.6) is 0 Å². The van der Waals surface area contributed by atoms with Gasteiger partial charge >= 0.3 is 35.8 Å². The molecule has 15 nitrogen and oxygen atoms in total. The number of hydrogen-bond donors (Lipinski definition) is 9. The summed E-state index contributed by atoms with van der Waals surface area (Å²) in [7, 11) is 0. The van der Waals surface area contributed by atoms with Crippen molar-refractivity contribution < 1.29 is 74.7 Å². The zero-order valence-electron chi connectivity index (χ0n) is 15.0. The molecule has 0 atom stereocenters. The lowest BCUT2D eigenvalue weighted by Gasteiger charge is -2.18. The van der Waals surface area contributed by atoms with Crippen LogP contribution in [0, 0.1) is 0 Å². The molecule has 15 heteroatoms. The summed E-state index contributed by atoms with van der Waals surface area (Å²) in [6.07, 6.45) is -4.58. The van der Waals surface area contributed by atoms with Crippen LogP contribution in [0.2, 0.25) is 0 Å². The van der Waals surface area contributed by atoms with Crippen LogP contribution in [0.4, 0.5) is 0 Å². The molecule has 0 saturated carbocycles. The first-order valence-electron chi connectivity index (χ1n) is 7.37. The Hall–Kier alpha value is -3.30.